The largest absolute Gasteiger partial charge is 0.301 e. The molecule has 1 saturated heterocycles. The minimum Gasteiger partial charge on any atom is -0.301 e. The second kappa shape index (κ2) is 9.17. The maximum Gasteiger partial charge on any atom is 0.141 e. The van der Waals surface area contributed by atoms with Gasteiger partial charge < -0.3 is 9.80 Å². The summed E-state index contributed by atoms with van der Waals surface area (Å²) in [7, 11) is 0. The van der Waals surface area contributed by atoms with E-state index in [4.69, 9.17) is 0 Å². The molecule has 0 aliphatic carbocycles. The number of nitrogens with zero attached hydrogens (tertiary/aromatic N) is 2. The van der Waals surface area contributed by atoms with Gasteiger partial charge in [-0.1, -0.05) is 34.6 Å². The first-order valence-corrected chi connectivity index (χ1v) is 9.73. The van der Waals surface area contributed by atoms with Crippen molar-refractivity contribution in [1.82, 2.24) is 9.80 Å². The Kier molecular flexibility index (Phi) is 8.23. The van der Waals surface area contributed by atoms with E-state index in [-0.39, 0.29) is 11.3 Å². The van der Waals surface area contributed by atoms with Crippen molar-refractivity contribution in [1.29, 1.82) is 0 Å². The highest BCUT2D eigenvalue weighted by atomic mass is 16.1. The maximum atomic E-state index is 12.5. The van der Waals surface area contributed by atoms with Crippen LogP contribution < -0.4 is 0 Å². The first-order valence-electron chi connectivity index (χ1n) is 9.73. The van der Waals surface area contributed by atoms with Gasteiger partial charge in [0, 0.05) is 23.4 Å². The first kappa shape index (κ1) is 20.6. The van der Waals surface area contributed by atoms with Crippen LogP contribution in [0.25, 0.3) is 0 Å². The number of carbonyl (C=O) groups is 1. The number of Topliss-reactive ketones (excluding diaryl/α,β-unsaturated/α-hetero) is 1. The van der Waals surface area contributed by atoms with Crippen molar-refractivity contribution in [3.63, 3.8) is 0 Å². The Labute approximate surface area is 144 Å². The van der Waals surface area contributed by atoms with Crippen LogP contribution in [-0.4, -0.2) is 53.8 Å². The molecule has 1 unspecified atom stereocenters. The van der Waals surface area contributed by atoms with Gasteiger partial charge in [-0.2, -0.15) is 0 Å². The molecule has 136 valence electrons. The quantitative estimate of drug-likeness (QED) is 0.668. The van der Waals surface area contributed by atoms with Gasteiger partial charge in [-0.3, -0.25) is 4.79 Å². The Balaban J connectivity index is 2.49. The van der Waals surface area contributed by atoms with Crippen molar-refractivity contribution in [3.8, 4) is 0 Å². The van der Waals surface area contributed by atoms with Gasteiger partial charge in [0.05, 0.1) is 0 Å². The van der Waals surface area contributed by atoms with E-state index in [1.165, 1.54) is 19.4 Å². The lowest BCUT2D eigenvalue weighted by Gasteiger charge is -2.39. The van der Waals surface area contributed by atoms with E-state index in [1.807, 2.05) is 0 Å². The minimum atomic E-state index is -0.185. The van der Waals surface area contributed by atoms with Crippen LogP contribution in [-0.2, 0) is 4.79 Å². The van der Waals surface area contributed by atoms with E-state index in [9.17, 15) is 4.79 Å². The molecule has 0 aromatic heterocycles. The molecule has 0 aromatic rings. The SMILES string of the molecule is CCC(CCN(CC)C(C)C)N1CCC(C(=O)C(C)(C)C)CC1. The highest BCUT2D eigenvalue weighted by Crippen LogP contribution is 2.29. The van der Waals surface area contributed by atoms with Gasteiger partial charge in [0.15, 0.2) is 0 Å². The van der Waals surface area contributed by atoms with Crippen LogP contribution in [0.5, 0.6) is 0 Å². The standard InChI is InChI=1S/C20H40N2O/c1-8-18(12-15-21(9-2)16(3)4)22-13-10-17(11-14-22)19(23)20(5,6)7/h16-18H,8-15H2,1-7H3. The first-order chi connectivity index (χ1) is 10.7. The van der Waals surface area contributed by atoms with Crippen molar-refractivity contribution in [2.24, 2.45) is 11.3 Å². The van der Waals surface area contributed by atoms with Crippen LogP contribution in [0, 0.1) is 11.3 Å². The van der Waals surface area contributed by atoms with Gasteiger partial charge >= 0.3 is 0 Å². The summed E-state index contributed by atoms with van der Waals surface area (Å²) in [4.78, 5) is 17.7. The average molecular weight is 325 g/mol. The predicted octanol–water partition coefficient (Wildman–Crippen LogP) is 4.21. The van der Waals surface area contributed by atoms with Crippen molar-refractivity contribution in [3.05, 3.63) is 0 Å². The van der Waals surface area contributed by atoms with Crippen LogP contribution in [0.3, 0.4) is 0 Å². The molecular formula is C20H40N2O. The van der Waals surface area contributed by atoms with Crippen molar-refractivity contribution in [2.75, 3.05) is 26.2 Å². The molecule has 0 N–H and O–H groups in total. The van der Waals surface area contributed by atoms with Crippen LogP contribution in [0.2, 0.25) is 0 Å². The molecule has 1 atom stereocenters. The molecule has 3 heteroatoms. The summed E-state index contributed by atoms with van der Waals surface area (Å²) in [6.07, 6.45) is 4.57. The maximum absolute atomic E-state index is 12.5. The van der Waals surface area contributed by atoms with E-state index < -0.39 is 0 Å². The van der Waals surface area contributed by atoms with Crippen LogP contribution in [0.1, 0.15) is 74.1 Å². The Morgan fingerprint density at radius 1 is 1.17 bits per heavy atom. The molecule has 0 aromatic carbocycles. The van der Waals surface area contributed by atoms with E-state index in [1.54, 1.807) is 0 Å². The van der Waals surface area contributed by atoms with E-state index in [0.717, 1.165) is 32.5 Å². The number of hydrogen-bond acceptors (Lipinski definition) is 3. The summed E-state index contributed by atoms with van der Waals surface area (Å²) in [6.45, 7) is 19.8. The number of ketones is 1. The number of piperidine rings is 1. The summed E-state index contributed by atoms with van der Waals surface area (Å²) in [5.74, 6) is 0.744. The summed E-state index contributed by atoms with van der Waals surface area (Å²) in [5.41, 5.74) is -0.185. The van der Waals surface area contributed by atoms with Gasteiger partial charge in [-0.05, 0) is 65.7 Å². The molecule has 0 amide bonds. The third kappa shape index (κ3) is 6.19. The fraction of sp³-hybridized carbons (Fsp3) is 0.950. The second-order valence-electron chi connectivity index (χ2n) is 8.50. The molecule has 3 nitrogen and oxygen atoms in total. The van der Waals surface area contributed by atoms with Gasteiger partial charge in [0.25, 0.3) is 0 Å². The van der Waals surface area contributed by atoms with Gasteiger partial charge in [-0.15, -0.1) is 0 Å². The lowest BCUT2D eigenvalue weighted by Crippen LogP contribution is -2.45. The summed E-state index contributed by atoms with van der Waals surface area (Å²) in [5, 5.41) is 0. The smallest absolute Gasteiger partial charge is 0.141 e. The molecule has 23 heavy (non-hydrogen) atoms. The number of likely N-dealkylation sites (tertiary alicyclic amines) is 1. The molecule has 0 spiro atoms. The molecule has 1 heterocycles. The van der Waals surface area contributed by atoms with E-state index in [2.05, 4.69) is 58.3 Å². The molecule has 0 bridgehead atoms. The highest BCUT2D eigenvalue weighted by Gasteiger charge is 2.33. The zero-order valence-corrected chi connectivity index (χ0v) is 16.7. The Morgan fingerprint density at radius 3 is 2.13 bits per heavy atom. The van der Waals surface area contributed by atoms with Gasteiger partial charge in [0.1, 0.15) is 5.78 Å². The average Bonchev–Trinajstić information content (AvgIpc) is 2.50. The number of hydrogen-bond donors (Lipinski definition) is 0. The van der Waals surface area contributed by atoms with Crippen LogP contribution in [0.15, 0.2) is 0 Å². The summed E-state index contributed by atoms with van der Waals surface area (Å²) in [6, 6.07) is 1.31. The molecule has 1 aliphatic heterocycles. The zero-order chi connectivity index (χ0) is 17.6. The molecule has 0 saturated carbocycles. The minimum absolute atomic E-state index is 0.185. The molecule has 1 rings (SSSR count). The molecule has 1 aliphatic rings. The van der Waals surface area contributed by atoms with Gasteiger partial charge in [0.2, 0.25) is 0 Å². The fourth-order valence-corrected chi connectivity index (χ4v) is 3.88. The highest BCUT2D eigenvalue weighted by molar-refractivity contribution is 5.86. The third-order valence-electron chi connectivity index (χ3n) is 5.51. The zero-order valence-electron chi connectivity index (χ0n) is 16.7. The van der Waals surface area contributed by atoms with Crippen molar-refractivity contribution in [2.45, 2.75) is 86.2 Å². The second-order valence-corrected chi connectivity index (χ2v) is 8.50. The Morgan fingerprint density at radius 2 is 1.74 bits per heavy atom. The van der Waals surface area contributed by atoms with Crippen LogP contribution in [0.4, 0.5) is 0 Å². The number of carbonyl (C=O) groups excluding carboxylic acids is 1. The van der Waals surface area contributed by atoms with Crippen molar-refractivity contribution < 1.29 is 4.79 Å². The summed E-state index contributed by atoms with van der Waals surface area (Å²) >= 11 is 0. The predicted molar refractivity (Wildman–Crippen MR) is 99.8 cm³/mol. The third-order valence-corrected chi connectivity index (χ3v) is 5.51. The lowest BCUT2D eigenvalue weighted by atomic mass is 9.78. The topological polar surface area (TPSA) is 23.6 Å². The van der Waals surface area contributed by atoms with E-state index in [0.29, 0.717) is 17.9 Å². The van der Waals surface area contributed by atoms with Crippen LogP contribution >= 0.6 is 0 Å². The monoisotopic (exact) mass is 324 g/mol. The fourth-order valence-electron chi connectivity index (χ4n) is 3.88. The van der Waals surface area contributed by atoms with Crippen molar-refractivity contribution >= 4 is 5.78 Å². The lowest BCUT2D eigenvalue weighted by molar-refractivity contribution is -0.132. The molecular weight excluding hydrogens is 284 g/mol. The normalized spacial score (nSPS) is 19.5. The number of rotatable bonds is 8. The Bertz CT molecular complexity index is 351. The molecule has 0 radical (unpaired) electrons. The van der Waals surface area contributed by atoms with Gasteiger partial charge in [-0.25, -0.2) is 0 Å². The molecule has 1 fully saturated rings. The Hall–Kier alpha value is -0.410. The summed E-state index contributed by atoms with van der Waals surface area (Å²) < 4.78 is 0. The van der Waals surface area contributed by atoms with E-state index >= 15 is 0 Å².